The van der Waals surface area contributed by atoms with Gasteiger partial charge in [0.2, 0.25) is 0 Å². The Labute approximate surface area is 125 Å². The fourth-order valence-electron chi connectivity index (χ4n) is 2.93. The van der Waals surface area contributed by atoms with Crippen molar-refractivity contribution in [3.63, 3.8) is 0 Å². The summed E-state index contributed by atoms with van der Waals surface area (Å²) in [5, 5.41) is 6.66. The predicted octanol–water partition coefficient (Wildman–Crippen LogP) is 1.94. The van der Waals surface area contributed by atoms with Gasteiger partial charge in [-0.2, -0.15) is 0 Å². The normalized spacial score (nSPS) is 27.9. The highest BCUT2D eigenvalue weighted by molar-refractivity contribution is 5.92. The second kappa shape index (κ2) is 7.08. The van der Waals surface area contributed by atoms with Gasteiger partial charge in [-0.15, -0.1) is 24.8 Å². The Hall–Kier alpha value is -0.840. The van der Waals surface area contributed by atoms with Gasteiger partial charge in [-0.05, 0) is 37.8 Å². The van der Waals surface area contributed by atoms with Gasteiger partial charge in [-0.1, -0.05) is 6.07 Å². The molecule has 4 nitrogen and oxygen atoms in total. The van der Waals surface area contributed by atoms with E-state index >= 15 is 0 Å². The highest BCUT2D eigenvalue weighted by Crippen LogP contribution is 2.26. The van der Waals surface area contributed by atoms with Gasteiger partial charge in [0.15, 0.2) is 0 Å². The summed E-state index contributed by atoms with van der Waals surface area (Å²) in [6, 6.07) is 6.93. The molecule has 1 aromatic heterocycles. The van der Waals surface area contributed by atoms with Crippen LogP contribution in [0.3, 0.4) is 0 Å². The fraction of sp³-hybridized carbons (Fsp3) is 0.538. The smallest absolute Gasteiger partial charge is 0.270 e. The Morgan fingerprint density at radius 2 is 1.89 bits per heavy atom. The highest BCUT2D eigenvalue weighted by atomic mass is 35.5. The first-order valence-corrected chi connectivity index (χ1v) is 6.29. The van der Waals surface area contributed by atoms with Crippen molar-refractivity contribution in [1.82, 2.24) is 15.6 Å². The number of nitrogens with one attached hydrogen (secondary N) is 2. The average Bonchev–Trinajstić information content (AvgIpc) is 2.70. The number of fused-ring (bicyclic) bond motifs is 2. The minimum Gasteiger partial charge on any atom is -0.348 e. The van der Waals surface area contributed by atoms with E-state index < -0.39 is 0 Å². The summed E-state index contributed by atoms with van der Waals surface area (Å²) in [7, 11) is 0. The second-order valence-electron chi connectivity index (χ2n) is 4.99. The number of pyridine rings is 1. The van der Waals surface area contributed by atoms with Crippen molar-refractivity contribution in [2.75, 3.05) is 0 Å². The molecule has 0 aliphatic carbocycles. The van der Waals surface area contributed by atoms with Crippen LogP contribution in [0.1, 0.15) is 36.2 Å². The summed E-state index contributed by atoms with van der Waals surface area (Å²) in [4.78, 5) is 16.0. The third kappa shape index (κ3) is 3.81. The molecule has 3 rings (SSSR count). The van der Waals surface area contributed by atoms with E-state index in [2.05, 4.69) is 15.6 Å². The van der Waals surface area contributed by atoms with Crippen LogP contribution in [0.2, 0.25) is 0 Å². The molecule has 0 saturated carbocycles. The third-order valence-corrected chi connectivity index (χ3v) is 3.71. The summed E-state index contributed by atoms with van der Waals surface area (Å²) < 4.78 is 0. The van der Waals surface area contributed by atoms with Crippen molar-refractivity contribution in [3.05, 3.63) is 30.1 Å². The van der Waals surface area contributed by atoms with Gasteiger partial charge in [0.25, 0.3) is 5.91 Å². The maximum atomic E-state index is 12.0. The first-order chi connectivity index (χ1) is 8.31. The standard InChI is InChI=1S/C13H17N3O.2ClH/c17-13(12-3-1-2-6-14-12)16-11-7-9-4-5-10(8-11)15-9;;/h1-3,6,9-11,15H,4-5,7-8H2,(H,16,17);2*1H. The molecule has 2 bridgehead atoms. The van der Waals surface area contributed by atoms with Crippen molar-refractivity contribution in [1.29, 1.82) is 0 Å². The third-order valence-electron chi connectivity index (χ3n) is 3.71. The minimum atomic E-state index is -0.0445. The zero-order valence-corrected chi connectivity index (χ0v) is 12.2. The molecule has 2 aliphatic heterocycles. The zero-order valence-electron chi connectivity index (χ0n) is 10.5. The number of hydrogen-bond donors (Lipinski definition) is 2. The summed E-state index contributed by atoms with van der Waals surface area (Å²) >= 11 is 0. The quantitative estimate of drug-likeness (QED) is 0.878. The molecule has 1 amide bonds. The number of piperidine rings is 1. The highest BCUT2D eigenvalue weighted by Gasteiger charge is 2.34. The van der Waals surface area contributed by atoms with Crippen LogP contribution in [-0.4, -0.2) is 29.0 Å². The number of hydrogen-bond acceptors (Lipinski definition) is 3. The molecule has 2 atom stereocenters. The second-order valence-corrected chi connectivity index (χ2v) is 4.99. The van der Waals surface area contributed by atoms with E-state index in [1.807, 2.05) is 12.1 Å². The lowest BCUT2D eigenvalue weighted by atomic mass is 10.00. The first kappa shape index (κ1) is 16.2. The van der Waals surface area contributed by atoms with E-state index in [1.54, 1.807) is 12.3 Å². The molecule has 2 saturated heterocycles. The lowest BCUT2D eigenvalue weighted by Gasteiger charge is -2.29. The summed E-state index contributed by atoms with van der Waals surface area (Å²) in [6.07, 6.45) is 6.26. The monoisotopic (exact) mass is 303 g/mol. The van der Waals surface area contributed by atoms with E-state index in [-0.39, 0.29) is 30.7 Å². The average molecular weight is 304 g/mol. The molecular weight excluding hydrogens is 285 g/mol. The largest absolute Gasteiger partial charge is 0.348 e. The Morgan fingerprint density at radius 3 is 2.47 bits per heavy atom. The molecule has 2 unspecified atom stereocenters. The molecule has 0 aromatic carbocycles. The molecule has 1 aromatic rings. The van der Waals surface area contributed by atoms with Crippen LogP contribution in [0, 0.1) is 0 Å². The number of rotatable bonds is 2. The zero-order chi connectivity index (χ0) is 11.7. The van der Waals surface area contributed by atoms with E-state index in [0.717, 1.165) is 12.8 Å². The van der Waals surface area contributed by atoms with Crippen molar-refractivity contribution >= 4 is 30.7 Å². The van der Waals surface area contributed by atoms with E-state index in [0.29, 0.717) is 23.8 Å². The molecule has 2 fully saturated rings. The molecule has 6 heteroatoms. The molecule has 3 heterocycles. The molecule has 2 N–H and O–H groups in total. The van der Waals surface area contributed by atoms with Gasteiger partial charge in [-0.3, -0.25) is 9.78 Å². The topological polar surface area (TPSA) is 54.0 Å². The van der Waals surface area contributed by atoms with Crippen LogP contribution in [0.25, 0.3) is 0 Å². The van der Waals surface area contributed by atoms with Gasteiger partial charge in [0, 0.05) is 24.3 Å². The van der Waals surface area contributed by atoms with Crippen molar-refractivity contribution in [2.24, 2.45) is 0 Å². The van der Waals surface area contributed by atoms with Gasteiger partial charge in [0.1, 0.15) is 5.69 Å². The van der Waals surface area contributed by atoms with Crippen LogP contribution in [0.4, 0.5) is 0 Å². The molecular formula is C13H19Cl2N3O. The van der Waals surface area contributed by atoms with Crippen LogP contribution >= 0.6 is 24.8 Å². The lowest BCUT2D eigenvalue weighted by Crippen LogP contribution is -2.48. The molecule has 0 radical (unpaired) electrons. The molecule has 0 spiro atoms. The number of amides is 1. The summed E-state index contributed by atoms with van der Waals surface area (Å²) in [6.45, 7) is 0. The van der Waals surface area contributed by atoms with Crippen LogP contribution < -0.4 is 10.6 Å². The van der Waals surface area contributed by atoms with E-state index in [9.17, 15) is 4.79 Å². The van der Waals surface area contributed by atoms with Crippen molar-refractivity contribution in [3.8, 4) is 0 Å². The Kier molecular flexibility index (Phi) is 6.04. The van der Waals surface area contributed by atoms with Crippen LogP contribution in [0.5, 0.6) is 0 Å². The van der Waals surface area contributed by atoms with Gasteiger partial charge in [-0.25, -0.2) is 0 Å². The first-order valence-electron chi connectivity index (χ1n) is 6.29. The molecule has 19 heavy (non-hydrogen) atoms. The lowest BCUT2D eigenvalue weighted by molar-refractivity contribution is 0.0919. The van der Waals surface area contributed by atoms with E-state index in [1.165, 1.54) is 12.8 Å². The van der Waals surface area contributed by atoms with Gasteiger partial charge >= 0.3 is 0 Å². The summed E-state index contributed by atoms with van der Waals surface area (Å²) in [5.41, 5.74) is 0.512. The van der Waals surface area contributed by atoms with Crippen molar-refractivity contribution < 1.29 is 4.79 Å². The Balaban J connectivity index is 0.000000902. The SMILES string of the molecule is Cl.Cl.O=C(NC1CC2CCC(C1)N2)c1ccccn1. The van der Waals surface area contributed by atoms with Gasteiger partial charge < -0.3 is 10.6 Å². The Morgan fingerprint density at radius 1 is 1.21 bits per heavy atom. The fourth-order valence-corrected chi connectivity index (χ4v) is 2.93. The van der Waals surface area contributed by atoms with Crippen LogP contribution in [0.15, 0.2) is 24.4 Å². The minimum absolute atomic E-state index is 0. The predicted molar refractivity (Wildman–Crippen MR) is 79.2 cm³/mol. The van der Waals surface area contributed by atoms with Crippen LogP contribution in [-0.2, 0) is 0 Å². The summed E-state index contributed by atoms with van der Waals surface area (Å²) in [5.74, 6) is -0.0445. The van der Waals surface area contributed by atoms with E-state index in [4.69, 9.17) is 0 Å². The van der Waals surface area contributed by atoms with Gasteiger partial charge in [0.05, 0.1) is 0 Å². The number of carbonyl (C=O) groups excluding carboxylic acids is 1. The Bertz CT molecular complexity index is 404. The number of halogens is 2. The number of carbonyl (C=O) groups is 1. The number of nitrogens with zero attached hydrogens (tertiary/aromatic N) is 1. The number of aromatic nitrogens is 1. The van der Waals surface area contributed by atoms with Crippen molar-refractivity contribution in [2.45, 2.75) is 43.8 Å². The maximum absolute atomic E-state index is 12.0. The molecule has 106 valence electrons. The maximum Gasteiger partial charge on any atom is 0.270 e. The molecule has 2 aliphatic rings.